The monoisotopic (exact) mass is 480 g/mol. The Balaban J connectivity index is 1.54. The topological polar surface area (TPSA) is 91.1 Å². The summed E-state index contributed by atoms with van der Waals surface area (Å²) in [6.07, 6.45) is 0. The molecule has 10 heteroatoms. The maximum absolute atomic E-state index is 15.5. The van der Waals surface area contributed by atoms with Gasteiger partial charge in [0.15, 0.2) is 0 Å². The third-order valence-electron chi connectivity index (χ3n) is 6.38. The molecule has 5 rings (SSSR count). The van der Waals surface area contributed by atoms with Crippen LogP contribution in [-0.4, -0.2) is 39.0 Å². The first-order chi connectivity index (χ1) is 16.7. The number of carbonyl (C=O) groups is 1. The number of amides is 2. The third kappa shape index (κ3) is 3.65. The first-order valence-electron chi connectivity index (χ1n) is 11.1. The van der Waals surface area contributed by atoms with Crippen LogP contribution in [0.4, 0.5) is 29.5 Å². The van der Waals surface area contributed by atoms with Crippen LogP contribution < -0.4 is 10.6 Å². The van der Waals surface area contributed by atoms with Crippen LogP contribution in [0.3, 0.4) is 0 Å². The molecule has 1 aliphatic rings. The van der Waals surface area contributed by atoms with Gasteiger partial charge in [-0.05, 0) is 57.2 Å². The van der Waals surface area contributed by atoms with E-state index >= 15 is 4.39 Å². The molecule has 4 aromatic rings. The lowest BCUT2D eigenvalue weighted by molar-refractivity contribution is 0.208. The standard InChI is InChI=1S/C25H23F3N6O/c1-4-33-20(17-9-14(26)5-8-18(17)27)11-34(25(33)35)15-6-7-16(19(28)10-15)21-12(2)30-24-22(21)23(29)31-13(3)32-24/h5-10,20H,4,11H2,1-3H3,(H3,29,30,31,32). The molecule has 35 heavy (non-hydrogen) atoms. The van der Waals surface area contributed by atoms with Crippen molar-refractivity contribution in [1.82, 2.24) is 19.9 Å². The number of hydrogen-bond donors (Lipinski definition) is 2. The number of H-pyrrole nitrogens is 1. The van der Waals surface area contributed by atoms with Gasteiger partial charge in [0.05, 0.1) is 18.0 Å². The number of fused-ring (bicyclic) bond motifs is 1. The molecule has 3 heterocycles. The lowest BCUT2D eigenvalue weighted by Gasteiger charge is -2.22. The minimum Gasteiger partial charge on any atom is -0.383 e. The van der Waals surface area contributed by atoms with Gasteiger partial charge in [0, 0.05) is 34.6 Å². The Morgan fingerprint density at radius 2 is 1.86 bits per heavy atom. The van der Waals surface area contributed by atoms with Crippen LogP contribution in [0.15, 0.2) is 36.4 Å². The molecule has 2 aromatic carbocycles. The maximum atomic E-state index is 15.5. The van der Waals surface area contributed by atoms with E-state index < -0.39 is 29.5 Å². The van der Waals surface area contributed by atoms with E-state index in [2.05, 4.69) is 15.0 Å². The van der Waals surface area contributed by atoms with Gasteiger partial charge < -0.3 is 15.6 Å². The maximum Gasteiger partial charge on any atom is 0.325 e. The van der Waals surface area contributed by atoms with Crippen molar-refractivity contribution in [3.8, 4) is 11.1 Å². The van der Waals surface area contributed by atoms with E-state index in [-0.39, 0.29) is 30.0 Å². The molecule has 0 aliphatic carbocycles. The number of nitrogens with zero attached hydrogens (tertiary/aromatic N) is 4. The molecule has 1 fully saturated rings. The van der Waals surface area contributed by atoms with E-state index in [0.29, 0.717) is 33.8 Å². The summed E-state index contributed by atoms with van der Waals surface area (Å²) in [6, 6.07) is 6.50. The van der Waals surface area contributed by atoms with E-state index in [0.717, 1.165) is 18.2 Å². The van der Waals surface area contributed by atoms with Gasteiger partial charge in [0.2, 0.25) is 0 Å². The van der Waals surface area contributed by atoms with Crippen molar-refractivity contribution in [2.75, 3.05) is 23.7 Å². The van der Waals surface area contributed by atoms with Crippen molar-refractivity contribution < 1.29 is 18.0 Å². The Morgan fingerprint density at radius 3 is 2.57 bits per heavy atom. The molecule has 1 saturated heterocycles. The van der Waals surface area contributed by atoms with Gasteiger partial charge in [-0.15, -0.1) is 0 Å². The highest BCUT2D eigenvalue weighted by Crippen LogP contribution is 2.39. The van der Waals surface area contributed by atoms with Gasteiger partial charge in [0.25, 0.3) is 0 Å². The van der Waals surface area contributed by atoms with Crippen molar-refractivity contribution in [1.29, 1.82) is 0 Å². The lowest BCUT2D eigenvalue weighted by Crippen LogP contribution is -2.32. The van der Waals surface area contributed by atoms with Crippen LogP contribution in [0.5, 0.6) is 0 Å². The highest BCUT2D eigenvalue weighted by Gasteiger charge is 2.39. The Bertz CT molecular complexity index is 1480. The normalized spacial score (nSPS) is 16.1. The molecule has 0 radical (unpaired) electrons. The molecule has 1 unspecified atom stereocenters. The number of benzene rings is 2. The van der Waals surface area contributed by atoms with Gasteiger partial charge in [-0.2, -0.15) is 0 Å². The molecule has 2 aromatic heterocycles. The number of aromatic nitrogens is 3. The van der Waals surface area contributed by atoms with E-state index in [4.69, 9.17) is 5.73 Å². The highest BCUT2D eigenvalue weighted by atomic mass is 19.1. The largest absolute Gasteiger partial charge is 0.383 e. The number of likely N-dealkylation sites (N-methyl/N-ethyl adjacent to an activating group) is 1. The minimum absolute atomic E-state index is 0.0536. The summed E-state index contributed by atoms with van der Waals surface area (Å²) < 4.78 is 43.8. The number of carbonyl (C=O) groups excluding carboxylic acids is 1. The fraction of sp³-hybridized carbons (Fsp3) is 0.240. The summed E-state index contributed by atoms with van der Waals surface area (Å²) in [5, 5.41) is 0.524. The summed E-state index contributed by atoms with van der Waals surface area (Å²) >= 11 is 0. The lowest BCUT2D eigenvalue weighted by atomic mass is 10.0. The van der Waals surface area contributed by atoms with Crippen LogP contribution in [0.1, 0.15) is 30.0 Å². The predicted octanol–water partition coefficient (Wildman–Crippen LogP) is 5.24. The summed E-state index contributed by atoms with van der Waals surface area (Å²) in [5.41, 5.74) is 8.53. The molecule has 2 amide bonds. The second-order valence-electron chi connectivity index (χ2n) is 8.53. The summed E-state index contributed by atoms with van der Waals surface area (Å²) in [4.78, 5) is 27.6. The molecular weight excluding hydrogens is 457 g/mol. The van der Waals surface area contributed by atoms with Gasteiger partial charge in [-0.3, -0.25) is 4.90 Å². The summed E-state index contributed by atoms with van der Waals surface area (Å²) in [6.45, 7) is 5.60. The zero-order chi connectivity index (χ0) is 25.0. The van der Waals surface area contributed by atoms with E-state index in [9.17, 15) is 13.6 Å². The molecule has 0 bridgehead atoms. The number of nitrogens with one attached hydrogen (secondary N) is 1. The number of nitrogens with two attached hydrogens (primary N) is 1. The zero-order valence-corrected chi connectivity index (χ0v) is 19.4. The SMILES string of the molecule is CCN1C(=O)N(c2ccc(-c3c(C)[nH]c4nc(C)nc(N)c34)c(F)c2)CC1c1cc(F)ccc1F. The number of rotatable bonds is 4. The van der Waals surface area contributed by atoms with Crippen molar-refractivity contribution in [3.05, 3.63) is 70.9 Å². The predicted molar refractivity (Wildman–Crippen MR) is 127 cm³/mol. The number of halogens is 3. The number of urea groups is 1. The summed E-state index contributed by atoms with van der Waals surface area (Å²) in [5.74, 6) is -1.02. The van der Waals surface area contributed by atoms with Crippen molar-refractivity contribution in [2.24, 2.45) is 0 Å². The summed E-state index contributed by atoms with van der Waals surface area (Å²) in [7, 11) is 0. The second-order valence-corrected chi connectivity index (χ2v) is 8.53. The van der Waals surface area contributed by atoms with E-state index in [1.54, 1.807) is 32.9 Å². The Morgan fingerprint density at radius 1 is 1.09 bits per heavy atom. The Labute approximate surface area is 199 Å². The Hall–Kier alpha value is -4.08. The van der Waals surface area contributed by atoms with Crippen LogP contribution in [-0.2, 0) is 0 Å². The molecule has 1 aliphatic heterocycles. The highest BCUT2D eigenvalue weighted by molar-refractivity contribution is 6.02. The Kier molecular flexibility index (Phi) is 5.38. The fourth-order valence-electron chi connectivity index (χ4n) is 4.82. The molecule has 1 atom stereocenters. The van der Waals surface area contributed by atoms with Gasteiger partial charge in [0.1, 0.15) is 34.7 Å². The average molecular weight is 480 g/mol. The van der Waals surface area contributed by atoms with Gasteiger partial charge >= 0.3 is 6.03 Å². The number of aryl methyl sites for hydroxylation is 2. The van der Waals surface area contributed by atoms with E-state index in [1.165, 1.54) is 15.9 Å². The van der Waals surface area contributed by atoms with Crippen molar-refractivity contribution >= 4 is 28.6 Å². The fourth-order valence-corrected chi connectivity index (χ4v) is 4.82. The molecule has 0 spiro atoms. The second kappa shape index (κ2) is 8.30. The van der Waals surface area contributed by atoms with Crippen LogP contribution >= 0.6 is 0 Å². The molecule has 180 valence electrons. The minimum atomic E-state index is -0.706. The first kappa shape index (κ1) is 22.7. The number of hydrogen-bond acceptors (Lipinski definition) is 4. The molecule has 7 nitrogen and oxygen atoms in total. The smallest absolute Gasteiger partial charge is 0.325 e. The average Bonchev–Trinajstić information content (AvgIpc) is 3.31. The van der Waals surface area contributed by atoms with Crippen LogP contribution in [0.2, 0.25) is 0 Å². The molecular formula is C25H23F3N6O. The number of anilines is 2. The van der Waals surface area contributed by atoms with Gasteiger partial charge in [-0.1, -0.05) is 0 Å². The van der Waals surface area contributed by atoms with Crippen molar-refractivity contribution in [3.63, 3.8) is 0 Å². The quantitative estimate of drug-likeness (QED) is 0.418. The number of aromatic amines is 1. The van der Waals surface area contributed by atoms with E-state index in [1.807, 2.05) is 0 Å². The first-order valence-corrected chi connectivity index (χ1v) is 11.1. The number of nitrogen functional groups attached to an aromatic ring is 1. The van der Waals surface area contributed by atoms with Crippen molar-refractivity contribution in [2.45, 2.75) is 26.8 Å². The third-order valence-corrected chi connectivity index (χ3v) is 6.38. The molecule has 3 N–H and O–H groups in total. The molecule has 0 saturated carbocycles. The van der Waals surface area contributed by atoms with Crippen LogP contribution in [0.25, 0.3) is 22.2 Å². The zero-order valence-electron chi connectivity index (χ0n) is 19.4. The van der Waals surface area contributed by atoms with Crippen LogP contribution in [0, 0.1) is 31.3 Å². The van der Waals surface area contributed by atoms with Gasteiger partial charge in [-0.25, -0.2) is 27.9 Å².